The average molecular weight is 239 g/mol. The van der Waals surface area contributed by atoms with Crippen LogP contribution in [0.2, 0.25) is 0 Å². The first kappa shape index (κ1) is 14.1. The average Bonchev–Trinajstić information content (AvgIpc) is 2.25. The van der Waals surface area contributed by atoms with Crippen LogP contribution in [-0.2, 0) is 4.74 Å². The van der Waals surface area contributed by atoms with E-state index in [9.17, 15) is 4.39 Å². The first-order valence-corrected chi connectivity index (χ1v) is 6.14. The molecule has 1 aromatic carbocycles. The number of hydrogen-bond donors (Lipinski definition) is 1. The summed E-state index contributed by atoms with van der Waals surface area (Å²) < 4.78 is 19.0. The van der Waals surface area contributed by atoms with Crippen LogP contribution in [0.3, 0.4) is 0 Å². The van der Waals surface area contributed by atoms with Gasteiger partial charge >= 0.3 is 0 Å². The number of likely N-dealkylation sites (N-methyl/N-ethyl adjacent to an activating group) is 1. The Balaban J connectivity index is 3.00. The van der Waals surface area contributed by atoms with E-state index < -0.39 is 0 Å². The molecule has 0 bridgehead atoms. The molecule has 0 aliphatic heterocycles. The van der Waals surface area contributed by atoms with Crippen molar-refractivity contribution in [3.63, 3.8) is 0 Å². The molecule has 0 saturated heterocycles. The van der Waals surface area contributed by atoms with Crippen molar-refractivity contribution in [1.82, 2.24) is 5.32 Å². The zero-order valence-electron chi connectivity index (χ0n) is 11.1. The predicted octanol–water partition coefficient (Wildman–Crippen LogP) is 3.29. The van der Waals surface area contributed by atoms with Gasteiger partial charge in [-0.05, 0) is 45.0 Å². The summed E-state index contributed by atoms with van der Waals surface area (Å²) in [6.45, 7) is 9.51. The fraction of sp³-hybridized carbons (Fsp3) is 0.571. The summed E-state index contributed by atoms with van der Waals surface area (Å²) >= 11 is 0. The normalized spacial score (nSPS) is 13.7. The number of hydrogen-bond acceptors (Lipinski definition) is 2. The number of rotatable bonds is 6. The Morgan fingerprint density at radius 2 is 2.06 bits per heavy atom. The quantitative estimate of drug-likeness (QED) is 0.822. The van der Waals surface area contributed by atoms with Gasteiger partial charge in [0, 0.05) is 6.61 Å². The Hall–Kier alpha value is -0.930. The number of nitrogens with one attached hydrogen (secondary N) is 1. The molecule has 0 aromatic heterocycles. The molecule has 0 saturated carbocycles. The highest BCUT2D eigenvalue weighted by atomic mass is 19.1. The van der Waals surface area contributed by atoms with E-state index in [1.54, 1.807) is 12.1 Å². The van der Waals surface area contributed by atoms with Crippen LogP contribution in [0.25, 0.3) is 0 Å². The van der Waals surface area contributed by atoms with Gasteiger partial charge in [-0.25, -0.2) is 4.39 Å². The van der Waals surface area contributed by atoms with Crippen LogP contribution in [0.5, 0.6) is 0 Å². The Kier molecular flexibility index (Phi) is 5.09. The van der Waals surface area contributed by atoms with Crippen LogP contribution in [0.4, 0.5) is 4.39 Å². The summed E-state index contributed by atoms with van der Waals surface area (Å²) in [6, 6.07) is 6.67. The van der Waals surface area contributed by atoms with E-state index in [0.717, 1.165) is 12.1 Å². The molecule has 0 amide bonds. The van der Waals surface area contributed by atoms with Crippen LogP contribution in [0.1, 0.15) is 39.3 Å². The summed E-state index contributed by atoms with van der Waals surface area (Å²) in [5.74, 6) is -0.210. The summed E-state index contributed by atoms with van der Waals surface area (Å²) in [4.78, 5) is 0. The summed E-state index contributed by atoms with van der Waals surface area (Å²) in [5, 5.41) is 3.36. The third-order valence-electron chi connectivity index (χ3n) is 2.80. The molecule has 0 radical (unpaired) electrons. The zero-order valence-corrected chi connectivity index (χ0v) is 11.1. The summed E-state index contributed by atoms with van der Waals surface area (Å²) in [6.07, 6.45) is 0. The third kappa shape index (κ3) is 3.79. The molecule has 0 fully saturated rings. The number of halogens is 1. The van der Waals surface area contributed by atoms with Gasteiger partial charge in [-0.1, -0.05) is 19.1 Å². The van der Waals surface area contributed by atoms with Crippen molar-refractivity contribution in [2.45, 2.75) is 39.3 Å². The molecular weight excluding hydrogens is 217 g/mol. The summed E-state index contributed by atoms with van der Waals surface area (Å²) in [5.41, 5.74) is 0.559. The second-order valence-electron chi connectivity index (χ2n) is 4.58. The van der Waals surface area contributed by atoms with Crippen molar-refractivity contribution in [1.29, 1.82) is 0 Å². The molecule has 1 aromatic rings. The lowest BCUT2D eigenvalue weighted by atomic mass is 9.91. The van der Waals surface area contributed by atoms with Gasteiger partial charge in [0.15, 0.2) is 0 Å². The molecular formula is C14H22FNO. The highest BCUT2D eigenvalue weighted by Crippen LogP contribution is 2.29. The molecule has 0 aliphatic rings. The van der Waals surface area contributed by atoms with Crippen molar-refractivity contribution in [2.75, 3.05) is 13.2 Å². The Labute approximate surface area is 103 Å². The second-order valence-corrected chi connectivity index (χ2v) is 4.58. The highest BCUT2D eigenvalue weighted by molar-refractivity contribution is 5.22. The molecule has 0 aliphatic carbocycles. The van der Waals surface area contributed by atoms with Crippen molar-refractivity contribution in [3.8, 4) is 0 Å². The topological polar surface area (TPSA) is 21.3 Å². The van der Waals surface area contributed by atoms with E-state index in [1.807, 2.05) is 33.8 Å². The van der Waals surface area contributed by atoms with Gasteiger partial charge in [-0.3, -0.25) is 0 Å². The largest absolute Gasteiger partial charge is 0.374 e. The maximum absolute atomic E-state index is 13.3. The van der Waals surface area contributed by atoms with E-state index in [4.69, 9.17) is 4.74 Å². The van der Waals surface area contributed by atoms with Gasteiger partial charge in [0.25, 0.3) is 0 Å². The molecule has 1 atom stereocenters. The Bertz CT molecular complexity index is 352. The number of ether oxygens (including phenoxy) is 1. The first-order chi connectivity index (χ1) is 8.01. The van der Waals surface area contributed by atoms with Gasteiger partial charge < -0.3 is 10.1 Å². The lowest BCUT2D eigenvalue weighted by molar-refractivity contribution is -0.0389. The standard InChI is InChI=1S/C14H22FNO/c1-5-16-13(14(3,4)17-6-2)11-8-7-9-12(15)10-11/h7-10,13,16H,5-6H2,1-4H3. The second kappa shape index (κ2) is 6.12. The minimum atomic E-state index is -0.363. The molecule has 0 heterocycles. The van der Waals surface area contributed by atoms with E-state index in [-0.39, 0.29) is 17.5 Å². The maximum Gasteiger partial charge on any atom is 0.123 e. The van der Waals surface area contributed by atoms with E-state index in [1.165, 1.54) is 6.07 Å². The van der Waals surface area contributed by atoms with Crippen molar-refractivity contribution in [3.05, 3.63) is 35.6 Å². The van der Waals surface area contributed by atoms with Crippen molar-refractivity contribution in [2.24, 2.45) is 0 Å². The molecule has 1 rings (SSSR count). The van der Waals surface area contributed by atoms with Crippen LogP contribution in [-0.4, -0.2) is 18.8 Å². The van der Waals surface area contributed by atoms with Gasteiger partial charge in [0.2, 0.25) is 0 Å². The molecule has 17 heavy (non-hydrogen) atoms. The molecule has 3 heteroatoms. The smallest absolute Gasteiger partial charge is 0.123 e. The maximum atomic E-state index is 13.3. The molecule has 1 unspecified atom stereocenters. The van der Waals surface area contributed by atoms with Crippen molar-refractivity contribution >= 4 is 0 Å². The minimum absolute atomic E-state index is 0.0110. The summed E-state index contributed by atoms with van der Waals surface area (Å²) in [7, 11) is 0. The fourth-order valence-electron chi connectivity index (χ4n) is 2.11. The van der Waals surface area contributed by atoms with E-state index in [2.05, 4.69) is 5.32 Å². The fourth-order valence-corrected chi connectivity index (χ4v) is 2.11. The van der Waals surface area contributed by atoms with Crippen LogP contribution < -0.4 is 5.32 Å². The van der Waals surface area contributed by atoms with Crippen LogP contribution in [0.15, 0.2) is 24.3 Å². The van der Waals surface area contributed by atoms with Gasteiger partial charge in [-0.2, -0.15) is 0 Å². The van der Waals surface area contributed by atoms with E-state index in [0.29, 0.717) is 6.61 Å². The van der Waals surface area contributed by atoms with Gasteiger partial charge in [0.1, 0.15) is 5.82 Å². The number of benzene rings is 1. The third-order valence-corrected chi connectivity index (χ3v) is 2.80. The lowest BCUT2D eigenvalue weighted by Gasteiger charge is -2.35. The van der Waals surface area contributed by atoms with Gasteiger partial charge in [0.05, 0.1) is 11.6 Å². The Morgan fingerprint density at radius 1 is 1.35 bits per heavy atom. The molecule has 2 nitrogen and oxygen atoms in total. The first-order valence-electron chi connectivity index (χ1n) is 6.14. The van der Waals surface area contributed by atoms with Crippen LogP contribution in [0, 0.1) is 5.82 Å². The molecule has 0 spiro atoms. The van der Waals surface area contributed by atoms with Crippen LogP contribution >= 0.6 is 0 Å². The highest BCUT2D eigenvalue weighted by Gasteiger charge is 2.30. The minimum Gasteiger partial charge on any atom is -0.374 e. The zero-order chi connectivity index (χ0) is 12.9. The lowest BCUT2D eigenvalue weighted by Crippen LogP contribution is -2.41. The predicted molar refractivity (Wildman–Crippen MR) is 68.5 cm³/mol. The SMILES string of the molecule is CCNC(c1cccc(F)c1)C(C)(C)OCC. The van der Waals surface area contributed by atoms with Crippen molar-refractivity contribution < 1.29 is 9.13 Å². The monoisotopic (exact) mass is 239 g/mol. The van der Waals surface area contributed by atoms with Gasteiger partial charge in [-0.15, -0.1) is 0 Å². The molecule has 96 valence electrons. The Morgan fingerprint density at radius 3 is 2.59 bits per heavy atom. The molecule has 1 N–H and O–H groups in total. The van der Waals surface area contributed by atoms with E-state index >= 15 is 0 Å².